The van der Waals surface area contributed by atoms with Gasteiger partial charge in [-0.25, -0.2) is 8.42 Å². The van der Waals surface area contributed by atoms with Gasteiger partial charge in [0.2, 0.25) is 10.0 Å². The van der Waals surface area contributed by atoms with Gasteiger partial charge in [-0.3, -0.25) is 9.78 Å². The van der Waals surface area contributed by atoms with E-state index in [-0.39, 0.29) is 16.8 Å². The number of carbonyl (C=O) groups is 1. The van der Waals surface area contributed by atoms with Crippen molar-refractivity contribution < 1.29 is 13.2 Å². The first kappa shape index (κ1) is 19.5. The van der Waals surface area contributed by atoms with E-state index >= 15 is 0 Å². The maximum Gasteiger partial charge on any atom is 0.251 e. The monoisotopic (exact) mass is 387 g/mol. The highest BCUT2D eigenvalue weighted by Gasteiger charge is 2.28. The van der Waals surface area contributed by atoms with Crippen LogP contribution in [0.25, 0.3) is 0 Å². The highest BCUT2D eigenvalue weighted by Crippen LogP contribution is 2.24. The van der Waals surface area contributed by atoms with Crippen molar-refractivity contribution in [3.8, 4) is 0 Å². The fraction of sp³-hybridized carbons (Fsp3) is 0.400. The zero-order valence-electron chi connectivity index (χ0n) is 15.7. The predicted molar refractivity (Wildman–Crippen MR) is 104 cm³/mol. The van der Waals surface area contributed by atoms with Gasteiger partial charge in [-0.2, -0.15) is 4.31 Å². The van der Waals surface area contributed by atoms with Gasteiger partial charge >= 0.3 is 0 Å². The molecule has 1 aromatic carbocycles. The van der Waals surface area contributed by atoms with Gasteiger partial charge in [0.1, 0.15) is 0 Å². The first-order valence-corrected chi connectivity index (χ1v) is 10.7. The molecule has 1 aliphatic rings. The molecule has 0 radical (unpaired) electrons. The molecule has 1 aromatic heterocycles. The summed E-state index contributed by atoms with van der Waals surface area (Å²) in [5.74, 6) is -0.316. The van der Waals surface area contributed by atoms with Crippen LogP contribution in [0.3, 0.4) is 0 Å². The van der Waals surface area contributed by atoms with Gasteiger partial charge in [0.25, 0.3) is 5.91 Å². The first-order chi connectivity index (χ1) is 12.9. The van der Waals surface area contributed by atoms with Gasteiger partial charge < -0.3 is 5.32 Å². The van der Waals surface area contributed by atoms with Gasteiger partial charge in [0, 0.05) is 24.8 Å². The van der Waals surface area contributed by atoms with Gasteiger partial charge in [0.05, 0.1) is 16.6 Å². The Bertz CT molecular complexity index is 907. The summed E-state index contributed by atoms with van der Waals surface area (Å²) in [5.41, 5.74) is 1.73. The van der Waals surface area contributed by atoms with Crippen molar-refractivity contribution in [2.24, 2.45) is 0 Å². The molecule has 1 atom stereocenters. The van der Waals surface area contributed by atoms with Crippen LogP contribution in [0.2, 0.25) is 0 Å². The lowest BCUT2D eigenvalue weighted by Crippen LogP contribution is -2.36. The van der Waals surface area contributed by atoms with E-state index in [9.17, 15) is 13.2 Å². The largest absolute Gasteiger partial charge is 0.344 e. The topological polar surface area (TPSA) is 79.4 Å². The molecule has 2 heterocycles. The molecule has 2 aromatic rings. The van der Waals surface area contributed by atoms with E-state index in [1.807, 2.05) is 25.1 Å². The molecule has 27 heavy (non-hydrogen) atoms. The number of nitrogens with zero attached hydrogens (tertiary/aromatic N) is 2. The summed E-state index contributed by atoms with van der Waals surface area (Å²) in [6.07, 6.45) is 4.48. The van der Waals surface area contributed by atoms with Gasteiger partial charge in [-0.15, -0.1) is 0 Å². The van der Waals surface area contributed by atoms with Crippen molar-refractivity contribution in [1.82, 2.24) is 14.6 Å². The molecule has 0 bridgehead atoms. The number of aromatic nitrogens is 1. The van der Waals surface area contributed by atoms with E-state index in [0.29, 0.717) is 24.2 Å². The molecule has 1 saturated heterocycles. The Hall–Kier alpha value is -2.25. The first-order valence-electron chi connectivity index (χ1n) is 9.22. The number of aryl methyl sites for hydroxylation is 1. The second kappa shape index (κ2) is 8.19. The summed E-state index contributed by atoms with van der Waals surface area (Å²) in [6, 6.07) is 10.1. The van der Waals surface area contributed by atoms with Crippen molar-refractivity contribution in [3.05, 3.63) is 59.4 Å². The lowest BCUT2D eigenvalue weighted by molar-refractivity contribution is 0.0939. The third-order valence-electron chi connectivity index (χ3n) is 4.86. The number of sulfonamides is 1. The molecule has 1 amide bonds. The van der Waals surface area contributed by atoms with Crippen molar-refractivity contribution in [3.63, 3.8) is 0 Å². The Morgan fingerprint density at radius 1 is 1.15 bits per heavy atom. The Balaban J connectivity index is 1.83. The fourth-order valence-corrected chi connectivity index (χ4v) is 5.02. The van der Waals surface area contributed by atoms with Crippen LogP contribution >= 0.6 is 0 Å². The molecule has 0 saturated carbocycles. The standard InChI is InChI=1S/C20H25N3O3S/c1-15-9-10-17(20(24)22-16(2)18-8-4-5-11-21-18)14-19(15)27(25,26)23-12-6-3-7-13-23/h4-5,8-11,14,16H,3,6-7,12-13H2,1-2H3,(H,22,24)/t16-/m1/s1. The predicted octanol–water partition coefficient (Wildman–Crippen LogP) is 3.06. The summed E-state index contributed by atoms with van der Waals surface area (Å²) in [6.45, 7) is 4.68. The molecule has 0 aliphatic carbocycles. The summed E-state index contributed by atoms with van der Waals surface area (Å²) < 4.78 is 27.5. The molecule has 6 nitrogen and oxygen atoms in total. The second-order valence-corrected chi connectivity index (χ2v) is 8.80. The van der Waals surface area contributed by atoms with Crippen LogP contribution in [0.4, 0.5) is 0 Å². The van der Waals surface area contributed by atoms with Crippen molar-refractivity contribution in [1.29, 1.82) is 0 Å². The number of hydrogen-bond donors (Lipinski definition) is 1. The zero-order valence-corrected chi connectivity index (χ0v) is 16.5. The molecular formula is C20H25N3O3S. The molecule has 0 unspecified atom stereocenters. The molecule has 7 heteroatoms. The second-order valence-electron chi connectivity index (χ2n) is 6.89. The molecule has 3 rings (SSSR count). The van der Waals surface area contributed by atoms with Crippen molar-refractivity contribution in [2.75, 3.05) is 13.1 Å². The van der Waals surface area contributed by atoms with Crippen LogP contribution in [-0.4, -0.2) is 36.7 Å². The van der Waals surface area contributed by atoms with Crippen LogP contribution in [0, 0.1) is 6.92 Å². The maximum atomic E-state index is 13.0. The highest BCUT2D eigenvalue weighted by molar-refractivity contribution is 7.89. The number of nitrogens with one attached hydrogen (secondary N) is 1. The smallest absolute Gasteiger partial charge is 0.251 e. The summed E-state index contributed by atoms with van der Waals surface area (Å²) in [7, 11) is -3.59. The fourth-order valence-electron chi connectivity index (χ4n) is 3.25. The molecular weight excluding hydrogens is 362 g/mol. The van der Waals surface area contributed by atoms with E-state index in [0.717, 1.165) is 25.0 Å². The number of pyridine rings is 1. The van der Waals surface area contributed by atoms with Crippen LogP contribution in [-0.2, 0) is 10.0 Å². The number of benzene rings is 1. The molecule has 0 spiro atoms. The van der Waals surface area contributed by atoms with E-state index in [1.165, 1.54) is 10.4 Å². The van der Waals surface area contributed by atoms with Gasteiger partial charge in [-0.1, -0.05) is 18.6 Å². The average Bonchev–Trinajstić information content (AvgIpc) is 2.69. The summed E-state index contributed by atoms with van der Waals surface area (Å²) in [5, 5.41) is 2.88. The van der Waals surface area contributed by atoms with Crippen molar-refractivity contribution >= 4 is 15.9 Å². The number of amides is 1. The van der Waals surface area contributed by atoms with Crippen LogP contribution in [0.1, 0.15) is 53.8 Å². The van der Waals surface area contributed by atoms with E-state index in [1.54, 1.807) is 25.3 Å². The quantitative estimate of drug-likeness (QED) is 0.855. The minimum atomic E-state index is -3.59. The van der Waals surface area contributed by atoms with E-state index in [2.05, 4.69) is 10.3 Å². The van der Waals surface area contributed by atoms with E-state index in [4.69, 9.17) is 0 Å². The minimum absolute atomic E-state index is 0.211. The third-order valence-corrected chi connectivity index (χ3v) is 6.90. The lowest BCUT2D eigenvalue weighted by atomic mass is 10.1. The van der Waals surface area contributed by atoms with E-state index < -0.39 is 10.0 Å². The number of carbonyl (C=O) groups excluding carboxylic acids is 1. The zero-order chi connectivity index (χ0) is 19.4. The Kier molecular flexibility index (Phi) is 5.92. The maximum absolute atomic E-state index is 13.0. The molecule has 144 valence electrons. The number of piperidine rings is 1. The Morgan fingerprint density at radius 3 is 2.56 bits per heavy atom. The van der Waals surface area contributed by atoms with Crippen LogP contribution in [0.5, 0.6) is 0 Å². The molecule has 1 aliphatic heterocycles. The van der Waals surface area contributed by atoms with Gasteiger partial charge in [-0.05, 0) is 56.5 Å². The molecule has 1 fully saturated rings. The number of hydrogen-bond acceptors (Lipinski definition) is 4. The SMILES string of the molecule is Cc1ccc(C(=O)N[C@H](C)c2ccccn2)cc1S(=O)(=O)N1CCCCC1. The third kappa shape index (κ3) is 4.36. The summed E-state index contributed by atoms with van der Waals surface area (Å²) >= 11 is 0. The Labute approximate surface area is 160 Å². The van der Waals surface area contributed by atoms with Crippen molar-refractivity contribution in [2.45, 2.75) is 44.0 Å². The van der Waals surface area contributed by atoms with Crippen LogP contribution < -0.4 is 5.32 Å². The van der Waals surface area contributed by atoms with Crippen LogP contribution in [0.15, 0.2) is 47.5 Å². The minimum Gasteiger partial charge on any atom is -0.344 e. The molecule has 1 N–H and O–H groups in total. The number of rotatable bonds is 5. The average molecular weight is 388 g/mol. The highest BCUT2D eigenvalue weighted by atomic mass is 32.2. The Morgan fingerprint density at radius 2 is 1.89 bits per heavy atom. The van der Waals surface area contributed by atoms with Gasteiger partial charge in [0.15, 0.2) is 0 Å². The normalized spacial score (nSPS) is 16.7. The summed E-state index contributed by atoms with van der Waals surface area (Å²) in [4.78, 5) is 17.1. The lowest BCUT2D eigenvalue weighted by Gasteiger charge is -2.26.